The van der Waals surface area contributed by atoms with Crippen molar-refractivity contribution in [2.75, 3.05) is 13.7 Å². The van der Waals surface area contributed by atoms with E-state index >= 15 is 0 Å². The van der Waals surface area contributed by atoms with Crippen LogP contribution in [0.1, 0.15) is 51.0 Å². The largest absolute Gasteiger partial charge is 0.497 e. The number of rotatable bonds is 10. The standard InChI is InChI=1S/C30H42O7Si/c1-30(2,3)38(5,6)37-27-24(13-10-18-31)35-25-20-34-29(22-14-16-23(32-4)17-15-22)36-26(25)28(27)33-19-21-11-8-7-9-12-21/h7-9,11-12,14-18,24-29H,10,13,19-20H2,1-6H3/t24-,25-,26-,27-,28-,29-/m1/s1. The van der Waals surface area contributed by atoms with Crippen molar-refractivity contribution in [3.05, 3.63) is 65.7 Å². The molecule has 2 saturated heterocycles. The third kappa shape index (κ3) is 6.73. The summed E-state index contributed by atoms with van der Waals surface area (Å²) in [5.74, 6) is 0.772. The minimum atomic E-state index is -2.22. The number of methoxy groups -OCH3 is 1. The summed E-state index contributed by atoms with van der Waals surface area (Å²) in [7, 11) is -0.577. The van der Waals surface area contributed by atoms with Gasteiger partial charge < -0.3 is 32.9 Å². The van der Waals surface area contributed by atoms with Gasteiger partial charge in [-0.15, -0.1) is 0 Å². The number of carbonyl (C=O) groups is 1. The number of hydrogen-bond donors (Lipinski definition) is 0. The molecule has 2 aliphatic rings. The molecule has 0 radical (unpaired) electrons. The number of carbonyl (C=O) groups excluding carboxylic acids is 1. The smallest absolute Gasteiger partial charge is 0.192 e. The number of fused-ring (bicyclic) bond motifs is 1. The van der Waals surface area contributed by atoms with Crippen LogP contribution in [-0.2, 0) is 34.8 Å². The molecule has 0 saturated carbocycles. The zero-order chi connectivity index (χ0) is 27.3. The zero-order valence-corrected chi connectivity index (χ0v) is 24.4. The van der Waals surface area contributed by atoms with Crippen molar-refractivity contribution in [3.63, 3.8) is 0 Å². The van der Waals surface area contributed by atoms with Crippen LogP contribution in [-0.4, -0.2) is 58.8 Å². The van der Waals surface area contributed by atoms with Crippen molar-refractivity contribution < 1.29 is 32.9 Å². The average Bonchev–Trinajstić information content (AvgIpc) is 2.91. The third-order valence-electron chi connectivity index (χ3n) is 7.90. The van der Waals surface area contributed by atoms with Gasteiger partial charge >= 0.3 is 0 Å². The van der Waals surface area contributed by atoms with Crippen molar-refractivity contribution in [2.24, 2.45) is 0 Å². The number of benzene rings is 2. The molecule has 38 heavy (non-hydrogen) atoms. The van der Waals surface area contributed by atoms with Crippen molar-refractivity contribution in [3.8, 4) is 5.75 Å². The van der Waals surface area contributed by atoms with Gasteiger partial charge in [-0.2, -0.15) is 0 Å². The molecule has 0 amide bonds. The van der Waals surface area contributed by atoms with E-state index in [4.69, 9.17) is 28.1 Å². The first-order chi connectivity index (χ1) is 18.1. The lowest BCUT2D eigenvalue weighted by molar-refractivity contribution is -0.333. The zero-order valence-electron chi connectivity index (χ0n) is 23.4. The molecular weight excluding hydrogens is 500 g/mol. The third-order valence-corrected chi connectivity index (χ3v) is 12.4. The Labute approximate surface area is 227 Å². The maximum atomic E-state index is 11.3. The molecule has 0 aromatic heterocycles. The highest BCUT2D eigenvalue weighted by Crippen LogP contribution is 2.43. The van der Waals surface area contributed by atoms with Crippen molar-refractivity contribution in [1.29, 1.82) is 0 Å². The highest BCUT2D eigenvalue weighted by molar-refractivity contribution is 6.74. The number of aldehydes is 1. The van der Waals surface area contributed by atoms with Crippen LogP contribution in [0.2, 0.25) is 18.1 Å². The molecule has 0 bridgehead atoms. The molecule has 2 aliphatic heterocycles. The first kappa shape index (κ1) is 28.9. The fraction of sp³-hybridized carbons (Fsp3) is 0.567. The van der Waals surface area contributed by atoms with E-state index in [0.717, 1.165) is 23.2 Å². The van der Waals surface area contributed by atoms with Crippen LogP contribution >= 0.6 is 0 Å². The molecule has 6 atom stereocenters. The Bertz CT molecular complexity index is 1020. The van der Waals surface area contributed by atoms with E-state index in [1.165, 1.54) is 0 Å². The van der Waals surface area contributed by atoms with E-state index in [0.29, 0.717) is 26.1 Å². The number of ether oxygens (including phenoxy) is 5. The molecule has 4 rings (SSSR count). The summed E-state index contributed by atoms with van der Waals surface area (Å²) in [6.07, 6.45) is -0.496. The van der Waals surface area contributed by atoms with Gasteiger partial charge in [-0.05, 0) is 42.2 Å². The molecule has 0 aliphatic carbocycles. The fourth-order valence-electron chi connectivity index (χ4n) is 4.67. The van der Waals surface area contributed by atoms with Crippen LogP contribution in [0.25, 0.3) is 0 Å². The van der Waals surface area contributed by atoms with Gasteiger partial charge in [0, 0.05) is 12.0 Å². The molecule has 2 fully saturated rings. The summed E-state index contributed by atoms with van der Waals surface area (Å²) in [5.41, 5.74) is 1.97. The van der Waals surface area contributed by atoms with Gasteiger partial charge in [-0.25, -0.2) is 0 Å². The Morgan fingerprint density at radius 1 is 1.00 bits per heavy atom. The van der Waals surface area contributed by atoms with Crippen molar-refractivity contribution >= 4 is 14.6 Å². The quantitative estimate of drug-likeness (QED) is 0.276. The molecule has 0 unspecified atom stereocenters. The van der Waals surface area contributed by atoms with E-state index in [-0.39, 0.29) is 23.4 Å². The van der Waals surface area contributed by atoms with E-state index in [9.17, 15) is 4.79 Å². The summed E-state index contributed by atoms with van der Waals surface area (Å²) in [5, 5.41) is -0.00873. The monoisotopic (exact) mass is 542 g/mol. The Kier molecular flexibility index (Phi) is 9.44. The van der Waals surface area contributed by atoms with Crippen molar-refractivity contribution in [1.82, 2.24) is 0 Å². The number of hydrogen-bond acceptors (Lipinski definition) is 7. The Morgan fingerprint density at radius 2 is 1.71 bits per heavy atom. The summed E-state index contributed by atoms with van der Waals surface area (Å²) in [6.45, 7) is 11.9. The van der Waals surface area contributed by atoms with Gasteiger partial charge in [0.1, 0.15) is 36.5 Å². The van der Waals surface area contributed by atoms with Crippen LogP contribution in [0.3, 0.4) is 0 Å². The Balaban J connectivity index is 1.65. The second-order valence-electron chi connectivity index (χ2n) is 11.6. The van der Waals surface area contributed by atoms with Gasteiger partial charge in [0.25, 0.3) is 0 Å². The topological polar surface area (TPSA) is 72.5 Å². The van der Waals surface area contributed by atoms with Gasteiger partial charge in [-0.1, -0.05) is 63.2 Å². The van der Waals surface area contributed by atoms with Crippen molar-refractivity contribution in [2.45, 2.75) is 95.2 Å². The predicted octanol–water partition coefficient (Wildman–Crippen LogP) is 5.83. The van der Waals surface area contributed by atoms with E-state index in [1.54, 1.807) is 7.11 Å². The lowest BCUT2D eigenvalue weighted by Gasteiger charge is -2.52. The fourth-order valence-corrected chi connectivity index (χ4v) is 5.99. The summed E-state index contributed by atoms with van der Waals surface area (Å²) in [4.78, 5) is 11.3. The van der Waals surface area contributed by atoms with Gasteiger partial charge in [0.2, 0.25) is 0 Å². The molecule has 0 N–H and O–H groups in total. The van der Waals surface area contributed by atoms with Crippen LogP contribution in [0, 0.1) is 0 Å². The Morgan fingerprint density at radius 3 is 2.34 bits per heavy atom. The van der Waals surface area contributed by atoms with E-state index in [1.807, 2.05) is 42.5 Å². The minimum absolute atomic E-state index is 0.00873. The normalized spacial score (nSPS) is 27.9. The van der Waals surface area contributed by atoms with Gasteiger partial charge in [0.15, 0.2) is 14.6 Å². The molecular formula is C30H42O7Si. The van der Waals surface area contributed by atoms with Crippen LogP contribution < -0.4 is 4.74 Å². The van der Waals surface area contributed by atoms with E-state index < -0.39 is 26.8 Å². The lowest BCUT2D eigenvalue weighted by Crippen LogP contribution is -2.65. The molecule has 8 heteroatoms. The average molecular weight is 543 g/mol. The first-order valence-corrected chi connectivity index (χ1v) is 16.4. The second-order valence-corrected chi connectivity index (χ2v) is 16.4. The Hall–Kier alpha value is -2.07. The minimum Gasteiger partial charge on any atom is -0.497 e. The van der Waals surface area contributed by atoms with Crippen LogP contribution in [0.15, 0.2) is 54.6 Å². The highest BCUT2D eigenvalue weighted by Gasteiger charge is 2.53. The maximum Gasteiger partial charge on any atom is 0.192 e. The molecule has 2 aromatic carbocycles. The summed E-state index contributed by atoms with van der Waals surface area (Å²) in [6, 6.07) is 17.8. The molecule has 7 nitrogen and oxygen atoms in total. The summed E-state index contributed by atoms with van der Waals surface area (Å²) >= 11 is 0. The lowest BCUT2D eigenvalue weighted by atomic mass is 9.91. The predicted molar refractivity (Wildman–Crippen MR) is 148 cm³/mol. The van der Waals surface area contributed by atoms with Gasteiger partial charge in [-0.3, -0.25) is 0 Å². The SMILES string of the molecule is COc1ccc([C@@H]2OC[C@H]3O[C@H](CCC=O)[C@@H](O[Si](C)(C)C(C)(C)C)[C@H](OCc4ccccc4)[C@@H]3O2)cc1. The van der Waals surface area contributed by atoms with Crippen LogP contribution in [0.5, 0.6) is 5.75 Å². The summed E-state index contributed by atoms with van der Waals surface area (Å²) < 4.78 is 38.2. The first-order valence-electron chi connectivity index (χ1n) is 13.5. The molecule has 208 valence electrons. The second kappa shape index (κ2) is 12.4. The highest BCUT2D eigenvalue weighted by atomic mass is 28.4. The maximum absolute atomic E-state index is 11.3. The molecule has 2 heterocycles. The molecule has 0 spiro atoms. The van der Waals surface area contributed by atoms with Crippen LogP contribution in [0.4, 0.5) is 0 Å². The van der Waals surface area contributed by atoms with E-state index in [2.05, 4.69) is 46.0 Å². The van der Waals surface area contributed by atoms with Gasteiger partial charge in [0.05, 0.1) is 26.4 Å². The molecule has 2 aromatic rings.